The first kappa shape index (κ1) is 24.2. The van der Waals surface area contributed by atoms with E-state index in [9.17, 15) is 32.0 Å². The summed E-state index contributed by atoms with van der Waals surface area (Å²) >= 11 is 6.16. The summed E-state index contributed by atoms with van der Waals surface area (Å²) in [6.45, 7) is -3.08. The molecule has 1 aliphatic heterocycles. The maximum Gasteiger partial charge on any atom is 0.387 e. The van der Waals surface area contributed by atoms with Crippen LogP contribution in [-0.2, 0) is 10.0 Å². The molecule has 0 saturated heterocycles. The van der Waals surface area contributed by atoms with Gasteiger partial charge >= 0.3 is 6.61 Å². The second kappa shape index (κ2) is 9.00. The van der Waals surface area contributed by atoms with Gasteiger partial charge in [0.2, 0.25) is 6.20 Å². The second-order valence-corrected chi connectivity index (χ2v) is 9.15. The molecule has 0 aliphatic carbocycles. The number of sulfonamides is 1. The molecule has 35 heavy (non-hydrogen) atoms. The molecule has 4 rings (SSSR count). The van der Waals surface area contributed by atoms with E-state index in [0.29, 0.717) is 9.63 Å². The molecule has 0 unspecified atom stereocenters. The molecule has 2 aromatic carbocycles. The molecule has 2 heterocycles. The van der Waals surface area contributed by atoms with Gasteiger partial charge in [-0.25, -0.2) is 13.3 Å². The molecular formula is C21H15ClF2N3O7S+. The first-order chi connectivity index (χ1) is 16.5. The van der Waals surface area contributed by atoms with Crippen molar-refractivity contribution in [3.05, 3.63) is 71.0 Å². The molecule has 10 nitrogen and oxygen atoms in total. The Morgan fingerprint density at radius 3 is 2.31 bits per heavy atom. The highest BCUT2D eigenvalue weighted by atomic mass is 35.5. The number of benzene rings is 2. The summed E-state index contributed by atoms with van der Waals surface area (Å²) in [5.74, 6) is -1.87. The van der Waals surface area contributed by atoms with E-state index in [1.807, 2.05) is 0 Å². The van der Waals surface area contributed by atoms with Crippen LogP contribution in [-0.4, -0.2) is 39.2 Å². The molecule has 1 aromatic heterocycles. The molecule has 0 spiro atoms. The van der Waals surface area contributed by atoms with Crippen molar-refractivity contribution in [1.29, 1.82) is 0 Å². The lowest BCUT2D eigenvalue weighted by molar-refractivity contribution is -0.904. The number of imide groups is 1. The third kappa shape index (κ3) is 4.55. The predicted molar refractivity (Wildman–Crippen MR) is 117 cm³/mol. The van der Waals surface area contributed by atoms with Gasteiger partial charge in [-0.2, -0.15) is 8.78 Å². The Kier molecular flexibility index (Phi) is 6.21. The highest BCUT2D eigenvalue weighted by Gasteiger charge is 2.42. The lowest BCUT2D eigenvalue weighted by Crippen LogP contribution is -2.35. The molecule has 0 radical (unpaired) electrons. The number of amides is 2. The molecule has 1 aliphatic rings. The van der Waals surface area contributed by atoms with Crippen LogP contribution in [0.25, 0.3) is 0 Å². The molecule has 0 bridgehead atoms. The van der Waals surface area contributed by atoms with E-state index < -0.39 is 28.4 Å². The first-order valence-corrected chi connectivity index (χ1v) is 11.5. The average molecular weight is 527 g/mol. The molecule has 0 saturated carbocycles. The fourth-order valence-corrected chi connectivity index (χ4v) is 4.72. The monoisotopic (exact) mass is 526 g/mol. The van der Waals surface area contributed by atoms with Gasteiger partial charge < -0.3 is 9.47 Å². The largest absolute Gasteiger partial charge is 0.491 e. The number of hydrogen-bond donors (Lipinski definition) is 2. The maximum absolute atomic E-state index is 13.3. The van der Waals surface area contributed by atoms with Crippen molar-refractivity contribution in [1.82, 2.24) is 0 Å². The Bertz CT molecular complexity index is 1450. The maximum atomic E-state index is 13.3. The third-order valence-corrected chi connectivity index (χ3v) is 6.60. The molecule has 2 amide bonds. The summed E-state index contributed by atoms with van der Waals surface area (Å²) < 4.78 is 62.5. The Hall–Kier alpha value is -3.97. The van der Waals surface area contributed by atoms with Gasteiger partial charge in [0.15, 0.2) is 5.75 Å². The van der Waals surface area contributed by atoms with Crippen LogP contribution in [0, 0.1) is 0 Å². The molecular weight excluding hydrogens is 512 g/mol. The van der Waals surface area contributed by atoms with Crippen LogP contribution in [0.5, 0.6) is 11.5 Å². The van der Waals surface area contributed by atoms with Crippen molar-refractivity contribution < 1.29 is 46.2 Å². The van der Waals surface area contributed by atoms with E-state index in [0.717, 1.165) is 30.5 Å². The van der Waals surface area contributed by atoms with E-state index in [2.05, 4.69) is 9.46 Å². The minimum Gasteiger partial charge on any atom is -0.491 e. The van der Waals surface area contributed by atoms with E-state index in [4.69, 9.17) is 16.3 Å². The molecule has 2 N–H and O–H groups in total. The van der Waals surface area contributed by atoms with Gasteiger partial charge in [0.05, 0.1) is 33.8 Å². The summed E-state index contributed by atoms with van der Waals surface area (Å²) in [6, 6.07) is 7.91. The number of fused-ring (bicyclic) bond motifs is 1. The van der Waals surface area contributed by atoms with Crippen LogP contribution in [0.1, 0.15) is 20.7 Å². The van der Waals surface area contributed by atoms with Crippen LogP contribution < -0.4 is 23.8 Å². The summed E-state index contributed by atoms with van der Waals surface area (Å²) in [5.41, 5.74) is -0.851. The quantitative estimate of drug-likeness (QED) is 0.275. The smallest absolute Gasteiger partial charge is 0.387 e. The predicted octanol–water partition coefficient (Wildman–Crippen LogP) is 3.08. The minimum atomic E-state index is -4.32. The Morgan fingerprint density at radius 2 is 1.69 bits per heavy atom. The summed E-state index contributed by atoms with van der Waals surface area (Å²) in [6.07, 6.45) is 2.26. The lowest BCUT2D eigenvalue weighted by atomic mass is 10.1. The molecule has 0 atom stereocenters. The van der Waals surface area contributed by atoms with E-state index >= 15 is 0 Å². The molecule has 182 valence electrons. The highest BCUT2D eigenvalue weighted by molar-refractivity contribution is 7.92. The Balaban J connectivity index is 1.72. The van der Waals surface area contributed by atoms with Gasteiger partial charge in [-0.1, -0.05) is 11.6 Å². The summed E-state index contributed by atoms with van der Waals surface area (Å²) in [4.78, 5) is 26.7. The van der Waals surface area contributed by atoms with Crippen LogP contribution >= 0.6 is 11.6 Å². The zero-order valence-corrected chi connectivity index (χ0v) is 19.2. The van der Waals surface area contributed by atoms with E-state index in [-0.39, 0.29) is 43.9 Å². The number of carbonyl (C=O) groups excluding carboxylic acids is 2. The summed E-state index contributed by atoms with van der Waals surface area (Å²) in [5, 5.41) is 9.75. The number of alkyl halides is 2. The normalized spacial score (nSPS) is 13.2. The zero-order valence-electron chi connectivity index (χ0n) is 17.6. The number of methoxy groups -OCH3 is 1. The van der Waals surface area contributed by atoms with Gasteiger partial charge in [0, 0.05) is 10.8 Å². The van der Waals surface area contributed by atoms with Crippen LogP contribution in [0.2, 0.25) is 5.02 Å². The Labute approximate surface area is 201 Å². The van der Waals surface area contributed by atoms with Crippen molar-refractivity contribution in [2.24, 2.45) is 0 Å². The van der Waals surface area contributed by atoms with Crippen LogP contribution in [0.4, 0.5) is 20.2 Å². The van der Waals surface area contributed by atoms with E-state index in [1.54, 1.807) is 0 Å². The number of nitrogens with one attached hydrogen (secondary N) is 1. The van der Waals surface area contributed by atoms with Crippen molar-refractivity contribution in [3.63, 3.8) is 0 Å². The number of halogens is 3. The van der Waals surface area contributed by atoms with Crippen LogP contribution in [0.15, 0.2) is 59.8 Å². The van der Waals surface area contributed by atoms with Crippen molar-refractivity contribution in [3.8, 4) is 11.5 Å². The number of aromatic nitrogens is 1. The topological polar surface area (TPSA) is 126 Å². The summed E-state index contributed by atoms with van der Waals surface area (Å²) in [7, 11) is -3.00. The van der Waals surface area contributed by atoms with Gasteiger partial charge in [0.1, 0.15) is 11.4 Å². The number of pyridine rings is 1. The van der Waals surface area contributed by atoms with E-state index in [1.165, 1.54) is 31.5 Å². The highest BCUT2D eigenvalue weighted by Crippen LogP contribution is 2.38. The number of nitrogens with zero attached hydrogens (tertiary/aromatic N) is 2. The van der Waals surface area contributed by atoms with Gasteiger partial charge in [0.25, 0.3) is 28.0 Å². The minimum absolute atomic E-state index is 0.0578. The average Bonchev–Trinajstić information content (AvgIpc) is 3.06. The third-order valence-electron chi connectivity index (χ3n) is 4.90. The number of rotatable bonds is 7. The SMILES string of the molecule is COc1cc(N2C(=O)c3c(Cl)ccc(NS(=O)(=O)c4ccc(OC(F)F)cc4)c3C2=O)c[n+](O)c1. The number of carbonyl (C=O) groups is 2. The fraction of sp³-hybridized carbons (Fsp3) is 0.0952. The molecule has 3 aromatic rings. The van der Waals surface area contributed by atoms with Crippen molar-refractivity contribution >= 4 is 44.8 Å². The fourth-order valence-electron chi connectivity index (χ4n) is 3.41. The molecule has 14 heteroatoms. The lowest BCUT2D eigenvalue weighted by Gasteiger charge is -2.13. The Morgan fingerprint density at radius 1 is 1.03 bits per heavy atom. The number of ether oxygens (including phenoxy) is 2. The number of anilines is 2. The van der Waals surface area contributed by atoms with Crippen molar-refractivity contribution in [2.75, 3.05) is 16.7 Å². The second-order valence-electron chi connectivity index (χ2n) is 7.06. The number of hydrogen-bond acceptors (Lipinski definition) is 7. The van der Waals surface area contributed by atoms with Gasteiger partial charge in [-0.15, -0.1) is 0 Å². The molecule has 0 fully saturated rings. The zero-order chi connectivity index (χ0) is 25.5. The van der Waals surface area contributed by atoms with Crippen molar-refractivity contribution in [2.45, 2.75) is 11.5 Å². The van der Waals surface area contributed by atoms with Gasteiger partial charge in [-0.3, -0.25) is 19.5 Å². The standard InChI is InChI=1S/C21H14ClF2N3O7S/c1-33-13-8-11(9-26(30)10-13)27-19(28)17-15(22)6-7-16(18(17)20(27)29)25-35(31,32)14-4-2-12(3-5-14)34-21(23)24/h2-10,21H,1H3,(H-,25,29,30)/p+1. The first-order valence-electron chi connectivity index (χ1n) is 9.60. The van der Waals surface area contributed by atoms with Crippen LogP contribution in [0.3, 0.4) is 0 Å². The van der Waals surface area contributed by atoms with Gasteiger partial charge in [-0.05, 0) is 36.4 Å².